The van der Waals surface area contributed by atoms with E-state index < -0.39 is 0 Å². The summed E-state index contributed by atoms with van der Waals surface area (Å²) >= 11 is 0. The summed E-state index contributed by atoms with van der Waals surface area (Å²) < 4.78 is 5.38. The Bertz CT molecular complexity index is 452. The summed E-state index contributed by atoms with van der Waals surface area (Å²) in [6.07, 6.45) is 6.00. The lowest BCUT2D eigenvalue weighted by atomic mass is 10.1. The monoisotopic (exact) mass is 274 g/mol. The molecule has 3 heteroatoms. The molecule has 0 atom stereocenters. The van der Waals surface area contributed by atoms with Crippen LogP contribution in [0, 0.1) is 0 Å². The van der Waals surface area contributed by atoms with E-state index in [1.54, 1.807) is 7.11 Å². The first-order valence-corrected chi connectivity index (χ1v) is 7.57. The number of anilines is 1. The molecule has 1 aromatic carbocycles. The highest BCUT2D eigenvalue weighted by Gasteiger charge is 2.20. The second-order valence-electron chi connectivity index (χ2n) is 5.56. The van der Waals surface area contributed by atoms with Crippen molar-refractivity contribution in [2.45, 2.75) is 51.6 Å². The van der Waals surface area contributed by atoms with E-state index in [1.165, 1.54) is 31.2 Å². The molecule has 2 rings (SSSR count). The minimum atomic E-state index is 0.720. The first-order chi connectivity index (χ1) is 9.71. The van der Waals surface area contributed by atoms with Crippen LogP contribution in [-0.4, -0.2) is 13.2 Å². The Morgan fingerprint density at radius 2 is 2.15 bits per heavy atom. The predicted octanol–water partition coefficient (Wildman–Crippen LogP) is 4.06. The van der Waals surface area contributed by atoms with Gasteiger partial charge in [0.05, 0.1) is 7.11 Å². The quantitative estimate of drug-likeness (QED) is 0.712. The van der Waals surface area contributed by atoms with Gasteiger partial charge in [0, 0.05) is 30.0 Å². The Morgan fingerprint density at radius 3 is 2.80 bits per heavy atom. The second-order valence-corrected chi connectivity index (χ2v) is 5.56. The van der Waals surface area contributed by atoms with Crippen LogP contribution in [0.25, 0.3) is 0 Å². The smallest absolute Gasteiger partial charge is 0.121 e. The van der Waals surface area contributed by atoms with E-state index in [1.807, 2.05) is 6.07 Å². The molecule has 0 bridgehead atoms. The predicted molar refractivity (Wildman–Crippen MR) is 85.1 cm³/mol. The molecule has 0 spiro atoms. The van der Waals surface area contributed by atoms with Gasteiger partial charge in [-0.1, -0.05) is 19.9 Å². The van der Waals surface area contributed by atoms with Crippen molar-refractivity contribution >= 4 is 5.69 Å². The Labute approximate surface area is 122 Å². The zero-order valence-electron chi connectivity index (χ0n) is 12.7. The summed E-state index contributed by atoms with van der Waals surface area (Å²) in [6, 6.07) is 7.01. The minimum Gasteiger partial charge on any atom is -0.497 e. The maximum absolute atomic E-state index is 5.38. The highest BCUT2D eigenvalue weighted by molar-refractivity contribution is 5.54. The van der Waals surface area contributed by atoms with Crippen molar-refractivity contribution in [1.29, 1.82) is 0 Å². The van der Waals surface area contributed by atoms with Crippen molar-refractivity contribution in [2.24, 2.45) is 0 Å². The lowest BCUT2D eigenvalue weighted by Crippen LogP contribution is -2.15. The third-order valence-corrected chi connectivity index (χ3v) is 3.53. The van der Waals surface area contributed by atoms with Crippen LogP contribution >= 0.6 is 0 Å². The number of nitrogens with one attached hydrogen (secondary N) is 2. The summed E-state index contributed by atoms with van der Waals surface area (Å²) in [7, 11) is 1.71. The van der Waals surface area contributed by atoms with Crippen molar-refractivity contribution in [3.05, 3.63) is 36.0 Å². The molecule has 0 saturated heterocycles. The van der Waals surface area contributed by atoms with Crippen LogP contribution in [0.1, 0.15) is 44.6 Å². The van der Waals surface area contributed by atoms with Gasteiger partial charge in [-0.15, -0.1) is 0 Å². The maximum Gasteiger partial charge on any atom is 0.121 e. The number of methoxy groups -OCH3 is 1. The number of benzene rings is 1. The maximum atomic E-state index is 5.38. The third-order valence-electron chi connectivity index (χ3n) is 3.53. The van der Waals surface area contributed by atoms with E-state index in [9.17, 15) is 0 Å². The number of hydrogen-bond acceptors (Lipinski definition) is 3. The third kappa shape index (κ3) is 4.89. The van der Waals surface area contributed by atoms with E-state index >= 15 is 0 Å². The first-order valence-electron chi connectivity index (χ1n) is 7.57. The molecule has 0 heterocycles. The molecule has 1 aliphatic carbocycles. The highest BCUT2D eigenvalue weighted by atomic mass is 16.5. The van der Waals surface area contributed by atoms with Crippen molar-refractivity contribution < 1.29 is 4.74 Å². The summed E-state index contributed by atoms with van der Waals surface area (Å²) in [6.45, 7) is 7.19. The average molecular weight is 274 g/mol. The average Bonchev–Trinajstić information content (AvgIpc) is 3.26. The molecule has 1 aromatic rings. The lowest BCUT2D eigenvalue weighted by Gasteiger charge is -2.13. The van der Waals surface area contributed by atoms with Crippen LogP contribution < -0.4 is 15.4 Å². The topological polar surface area (TPSA) is 33.3 Å². The van der Waals surface area contributed by atoms with E-state index in [0.29, 0.717) is 0 Å². The Morgan fingerprint density at radius 1 is 1.35 bits per heavy atom. The zero-order valence-corrected chi connectivity index (χ0v) is 12.7. The molecular weight excluding hydrogens is 248 g/mol. The fourth-order valence-electron chi connectivity index (χ4n) is 2.16. The lowest BCUT2D eigenvalue weighted by molar-refractivity contribution is 0.414. The molecule has 1 saturated carbocycles. The summed E-state index contributed by atoms with van der Waals surface area (Å²) in [5, 5.41) is 6.93. The fourth-order valence-corrected chi connectivity index (χ4v) is 2.16. The molecule has 2 N–H and O–H groups in total. The molecule has 1 aliphatic rings. The fraction of sp³-hybridized carbons (Fsp3) is 0.529. The van der Waals surface area contributed by atoms with Crippen molar-refractivity contribution in [2.75, 3.05) is 12.4 Å². The molecule has 3 nitrogen and oxygen atoms in total. The van der Waals surface area contributed by atoms with Crippen LogP contribution in [-0.2, 0) is 6.54 Å². The van der Waals surface area contributed by atoms with Gasteiger partial charge in [-0.25, -0.2) is 0 Å². The molecule has 0 aromatic heterocycles. The second kappa shape index (κ2) is 7.34. The SMILES string of the molecule is C=C(CCCC)Nc1cc(CNC2CC2)cc(OC)c1. The molecule has 20 heavy (non-hydrogen) atoms. The standard InChI is InChI=1S/C17H26N2O/c1-4-5-6-13(2)19-16-9-14(10-17(11-16)20-3)12-18-15-7-8-15/h9-11,15,18-19H,2,4-8,12H2,1,3H3. The largest absolute Gasteiger partial charge is 0.497 e. The molecular formula is C17H26N2O. The van der Waals surface area contributed by atoms with Crippen LogP contribution in [0.4, 0.5) is 5.69 Å². The van der Waals surface area contributed by atoms with Gasteiger partial charge in [0.2, 0.25) is 0 Å². The normalized spacial score (nSPS) is 14.1. The molecule has 0 radical (unpaired) electrons. The number of unbranched alkanes of at least 4 members (excludes halogenated alkanes) is 1. The van der Waals surface area contributed by atoms with Gasteiger partial charge in [-0.3, -0.25) is 0 Å². The number of allylic oxidation sites excluding steroid dienone is 1. The van der Waals surface area contributed by atoms with Gasteiger partial charge < -0.3 is 15.4 Å². The summed E-state index contributed by atoms with van der Waals surface area (Å²) in [5.74, 6) is 0.894. The van der Waals surface area contributed by atoms with Crippen molar-refractivity contribution in [1.82, 2.24) is 5.32 Å². The Hall–Kier alpha value is -1.48. The van der Waals surface area contributed by atoms with Crippen LogP contribution in [0.5, 0.6) is 5.75 Å². The van der Waals surface area contributed by atoms with E-state index in [0.717, 1.165) is 36.1 Å². The first kappa shape index (κ1) is 14.9. The minimum absolute atomic E-state index is 0.720. The Balaban J connectivity index is 1.98. The Kier molecular flexibility index (Phi) is 5.48. The molecule has 110 valence electrons. The van der Waals surface area contributed by atoms with Gasteiger partial charge >= 0.3 is 0 Å². The van der Waals surface area contributed by atoms with Crippen molar-refractivity contribution in [3.8, 4) is 5.75 Å². The number of hydrogen-bond donors (Lipinski definition) is 2. The molecule has 0 unspecified atom stereocenters. The number of rotatable bonds is 9. The van der Waals surface area contributed by atoms with Gasteiger partial charge in [0.15, 0.2) is 0 Å². The van der Waals surface area contributed by atoms with Gasteiger partial charge in [0.1, 0.15) is 5.75 Å². The van der Waals surface area contributed by atoms with Crippen LogP contribution in [0.3, 0.4) is 0 Å². The zero-order chi connectivity index (χ0) is 14.4. The van der Waals surface area contributed by atoms with Crippen LogP contribution in [0.15, 0.2) is 30.5 Å². The van der Waals surface area contributed by atoms with E-state index in [-0.39, 0.29) is 0 Å². The summed E-state index contributed by atoms with van der Waals surface area (Å²) in [4.78, 5) is 0. The van der Waals surface area contributed by atoms with E-state index in [2.05, 4.69) is 36.3 Å². The summed E-state index contributed by atoms with van der Waals surface area (Å²) in [5.41, 5.74) is 3.39. The molecule has 0 aliphatic heterocycles. The van der Waals surface area contributed by atoms with Crippen molar-refractivity contribution in [3.63, 3.8) is 0 Å². The number of ether oxygens (including phenoxy) is 1. The van der Waals surface area contributed by atoms with E-state index in [4.69, 9.17) is 4.74 Å². The van der Waals surface area contributed by atoms with Gasteiger partial charge in [-0.05, 0) is 43.4 Å². The highest BCUT2D eigenvalue weighted by Crippen LogP contribution is 2.24. The van der Waals surface area contributed by atoms with Gasteiger partial charge in [0.25, 0.3) is 0 Å². The molecule has 0 amide bonds. The molecule has 1 fully saturated rings. The van der Waals surface area contributed by atoms with Crippen LogP contribution in [0.2, 0.25) is 0 Å². The van der Waals surface area contributed by atoms with Gasteiger partial charge in [-0.2, -0.15) is 0 Å².